The molecule has 0 aliphatic heterocycles. The molecule has 2 N–H and O–H groups in total. The van der Waals surface area contributed by atoms with E-state index in [1.165, 1.54) is 25.1 Å². The van der Waals surface area contributed by atoms with Crippen LogP contribution in [0.5, 0.6) is 5.75 Å². The quantitative estimate of drug-likeness (QED) is 0.780. The van der Waals surface area contributed by atoms with E-state index in [4.69, 9.17) is 0 Å². The van der Waals surface area contributed by atoms with Crippen LogP contribution in [0.25, 0.3) is 0 Å². The molecule has 0 fully saturated rings. The zero-order chi connectivity index (χ0) is 20.9. The highest BCUT2D eigenvalue weighted by atomic mass is 19.4. The van der Waals surface area contributed by atoms with Crippen LogP contribution in [-0.4, -0.2) is 29.6 Å². The van der Waals surface area contributed by atoms with Crippen molar-refractivity contribution in [3.8, 4) is 5.75 Å². The van der Waals surface area contributed by atoms with Crippen LogP contribution in [0.15, 0.2) is 36.4 Å². The second-order valence-corrected chi connectivity index (χ2v) is 6.23. The van der Waals surface area contributed by atoms with Gasteiger partial charge in [-0.1, -0.05) is 12.1 Å². The van der Waals surface area contributed by atoms with Gasteiger partial charge in [0.2, 0.25) is 5.91 Å². The van der Waals surface area contributed by atoms with Crippen LogP contribution in [0.1, 0.15) is 41.5 Å². The number of benzene rings is 1. The highest BCUT2D eigenvalue weighted by Crippen LogP contribution is 2.21. The van der Waals surface area contributed by atoms with E-state index >= 15 is 0 Å². The van der Waals surface area contributed by atoms with Gasteiger partial charge in [-0.05, 0) is 43.7 Å². The Labute approximate surface area is 160 Å². The van der Waals surface area contributed by atoms with Gasteiger partial charge in [-0.2, -0.15) is 13.2 Å². The lowest BCUT2D eigenvalue weighted by molar-refractivity contribution is -0.153. The number of ether oxygens (including phenoxy) is 1. The summed E-state index contributed by atoms with van der Waals surface area (Å²) in [5.41, 5.74) is 1.59. The fraction of sp³-hybridized carbons (Fsp3) is 0.316. The molecular formula is C19H20F3N3O3. The van der Waals surface area contributed by atoms with Crippen LogP contribution < -0.4 is 15.4 Å². The Kier molecular flexibility index (Phi) is 6.61. The van der Waals surface area contributed by atoms with Gasteiger partial charge in [0.15, 0.2) is 6.61 Å². The van der Waals surface area contributed by atoms with Crippen molar-refractivity contribution in [1.82, 2.24) is 10.3 Å². The molecule has 0 saturated carbocycles. The van der Waals surface area contributed by atoms with Gasteiger partial charge in [-0.15, -0.1) is 0 Å². The van der Waals surface area contributed by atoms with Crippen molar-refractivity contribution in [2.24, 2.45) is 0 Å². The van der Waals surface area contributed by atoms with Gasteiger partial charge in [-0.25, -0.2) is 4.98 Å². The summed E-state index contributed by atoms with van der Waals surface area (Å²) in [6.07, 6.45) is -4.40. The Hall–Kier alpha value is -3.10. The first-order valence-electron chi connectivity index (χ1n) is 8.40. The number of hydrogen-bond acceptors (Lipinski definition) is 4. The third-order valence-electron chi connectivity index (χ3n) is 3.65. The van der Waals surface area contributed by atoms with E-state index in [-0.39, 0.29) is 23.4 Å². The van der Waals surface area contributed by atoms with E-state index in [9.17, 15) is 22.8 Å². The number of carbonyl (C=O) groups excluding carboxylic acids is 2. The molecule has 0 saturated heterocycles. The fourth-order valence-electron chi connectivity index (χ4n) is 2.43. The summed E-state index contributed by atoms with van der Waals surface area (Å²) in [7, 11) is 0. The van der Waals surface area contributed by atoms with Crippen molar-refractivity contribution in [3.63, 3.8) is 0 Å². The van der Waals surface area contributed by atoms with E-state index in [1.54, 1.807) is 32.0 Å². The van der Waals surface area contributed by atoms with Gasteiger partial charge < -0.3 is 15.4 Å². The number of nitrogens with one attached hydrogen (secondary N) is 2. The number of halogens is 3. The molecule has 1 unspecified atom stereocenters. The normalized spacial score (nSPS) is 12.2. The second kappa shape index (κ2) is 8.73. The number of nitrogens with zero attached hydrogens (tertiary/aromatic N) is 1. The lowest BCUT2D eigenvalue weighted by Crippen LogP contribution is -2.27. The van der Waals surface area contributed by atoms with E-state index in [1.807, 2.05) is 0 Å². The summed E-state index contributed by atoms with van der Waals surface area (Å²) in [5.74, 6) is -0.312. The summed E-state index contributed by atoms with van der Waals surface area (Å²) in [5, 5.41) is 5.33. The van der Waals surface area contributed by atoms with Gasteiger partial charge in [0.25, 0.3) is 5.91 Å². The molecule has 1 aromatic carbocycles. The van der Waals surface area contributed by atoms with E-state index < -0.39 is 18.8 Å². The summed E-state index contributed by atoms with van der Waals surface area (Å²) in [6.45, 7) is 3.42. The minimum Gasteiger partial charge on any atom is -0.484 e. The number of amides is 2. The smallest absolute Gasteiger partial charge is 0.422 e. The maximum absolute atomic E-state index is 12.5. The van der Waals surface area contributed by atoms with Gasteiger partial charge in [0, 0.05) is 18.2 Å². The molecule has 9 heteroatoms. The predicted octanol–water partition coefficient (Wildman–Crippen LogP) is 3.78. The third kappa shape index (κ3) is 6.57. The minimum absolute atomic E-state index is 0.0873. The zero-order valence-electron chi connectivity index (χ0n) is 15.6. The van der Waals surface area contributed by atoms with E-state index in [0.29, 0.717) is 16.8 Å². The average Bonchev–Trinajstić information content (AvgIpc) is 2.58. The molecule has 28 heavy (non-hydrogen) atoms. The lowest BCUT2D eigenvalue weighted by Gasteiger charge is -2.16. The van der Waals surface area contributed by atoms with Gasteiger partial charge in [0.1, 0.15) is 11.6 Å². The van der Waals surface area contributed by atoms with Gasteiger partial charge in [0.05, 0.1) is 6.04 Å². The molecule has 150 valence electrons. The second-order valence-electron chi connectivity index (χ2n) is 6.23. The number of carbonyl (C=O) groups is 2. The summed E-state index contributed by atoms with van der Waals surface area (Å²) < 4.78 is 41.2. The monoisotopic (exact) mass is 395 g/mol. The summed E-state index contributed by atoms with van der Waals surface area (Å²) in [6, 6.07) is 8.63. The van der Waals surface area contributed by atoms with Crippen LogP contribution in [-0.2, 0) is 4.79 Å². The maximum Gasteiger partial charge on any atom is 0.422 e. The number of rotatable bonds is 6. The Bertz CT molecular complexity index is 852. The molecule has 1 aromatic heterocycles. The molecule has 0 bridgehead atoms. The zero-order valence-corrected chi connectivity index (χ0v) is 15.6. The van der Waals surface area contributed by atoms with E-state index in [0.717, 1.165) is 0 Å². The van der Waals surface area contributed by atoms with Crippen molar-refractivity contribution in [1.29, 1.82) is 0 Å². The highest BCUT2D eigenvalue weighted by molar-refractivity contribution is 5.96. The van der Waals surface area contributed by atoms with E-state index in [2.05, 4.69) is 20.4 Å². The van der Waals surface area contributed by atoms with Crippen molar-refractivity contribution in [2.75, 3.05) is 11.9 Å². The Morgan fingerprint density at radius 1 is 1.18 bits per heavy atom. The molecule has 0 aliphatic carbocycles. The summed E-state index contributed by atoms with van der Waals surface area (Å²) >= 11 is 0. The number of aryl methyl sites for hydroxylation is 1. The molecule has 1 heterocycles. The Morgan fingerprint density at radius 2 is 1.82 bits per heavy atom. The van der Waals surface area contributed by atoms with Crippen molar-refractivity contribution < 1.29 is 27.5 Å². The Morgan fingerprint density at radius 3 is 2.39 bits per heavy atom. The van der Waals surface area contributed by atoms with Crippen molar-refractivity contribution >= 4 is 17.6 Å². The molecular weight excluding hydrogens is 375 g/mol. The van der Waals surface area contributed by atoms with Crippen molar-refractivity contribution in [2.45, 2.75) is 33.0 Å². The van der Waals surface area contributed by atoms with Gasteiger partial charge >= 0.3 is 6.18 Å². The fourth-order valence-corrected chi connectivity index (χ4v) is 2.43. The number of aromatic nitrogens is 1. The van der Waals surface area contributed by atoms with Crippen LogP contribution >= 0.6 is 0 Å². The number of anilines is 1. The molecule has 2 rings (SSSR count). The number of hydrogen-bond donors (Lipinski definition) is 2. The first-order chi connectivity index (χ1) is 13.0. The summed E-state index contributed by atoms with van der Waals surface area (Å²) in [4.78, 5) is 27.8. The molecule has 0 radical (unpaired) electrons. The first kappa shape index (κ1) is 21.2. The highest BCUT2D eigenvalue weighted by Gasteiger charge is 2.28. The third-order valence-corrected chi connectivity index (χ3v) is 3.65. The minimum atomic E-state index is -4.40. The molecule has 0 spiro atoms. The van der Waals surface area contributed by atoms with Gasteiger partial charge in [-0.3, -0.25) is 9.59 Å². The predicted molar refractivity (Wildman–Crippen MR) is 97.2 cm³/mol. The average molecular weight is 395 g/mol. The van der Waals surface area contributed by atoms with Crippen LogP contribution in [0, 0.1) is 6.92 Å². The van der Waals surface area contributed by atoms with Crippen LogP contribution in [0.3, 0.4) is 0 Å². The SMILES string of the molecule is CC(=O)Nc1cc(C(=O)NC(C)c2ccc(OCC(F)(F)F)cc2)cc(C)n1. The molecule has 6 nitrogen and oxygen atoms in total. The molecule has 2 amide bonds. The standard InChI is InChI=1S/C19H20F3N3O3/c1-11-8-15(9-17(23-11)25-13(3)26)18(27)24-12(2)14-4-6-16(7-5-14)28-10-19(20,21)22/h4-9,12H,10H2,1-3H3,(H,24,27)(H,23,25,26). The topological polar surface area (TPSA) is 80.3 Å². The maximum atomic E-state index is 12.5. The Balaban J connectivity index is 2.04. The number of pyridine rings is 1. The molecule has 1 atom stereocenters. The molecule has 0 aliphatic rings. The van der Waals surface area contributed by atoms with Crippen LogP contribution in [0.2, 0.25) is 0 Å². The van der Waals surface area contributed by atoms with Crippen LogP contribution in [0.4, 0.5) is 19.0 Å². The largest absolute Gasteiger partial charge is 0.484 e. The number of alkyl halides is 3. The first-order valence-corrected chi connectivity index (χ1v) is 8.40. The van der Waals surface area contributed by atoms with Crippen molar-refractivity contribution in [3.05, 3.63) is 53.2 Å². The lowest BCUT2D eigenvalue weighted by atomic mass is 10.1. The molecule has 2 aromatic rings.